The Morgan fingerprint density at radius 2 is 1.59 bits per heavy atom. The average molecular weight is 450 g/mol. The summed E-state index contributed by atoms with van der Waals surface area (Å²) in [5, 5.41) is 12.3. The molecule has 180 valence electrons. The van der Waals surface area contributed by atoms with Gasteiger partial charge in [0.2, 0.25) is 11.8 Å². The number of nitrogens with two attached hydrogens (primary N) is 1. The molecular formula is C24H39N3O5. The van der Waals surface area contributed by atoms with Crippen molar-refractivity contribution in [3.05, 3.63) is 35.9 Å². The first-order valence-electron chi connectivity index (χ1n) is 11.1. The molecule has 2 unspecified atom stereocenters. The standard InChI is InChI=1S/C24H39N3O5/c1-15(2)12-19(25)23(29)27(6)20(13-16(3)4)22(28)26-21(24(30)31)17(5)32-14-18-10-8-7-9-11-18/h7-11,15-17,19-21H,12-14,25H2,1-6H3,(H,26,28)(H,30,31)/t17?,19?,20-,21-/m0/s1. The van der Waals surface area contributed by atoms with Crippen LogP contribution >= 0.6 is 0 Å². The number of hydrogen-bond donors (Lipinski definition) is 3. The Balaban J connectivity index is 2.91. The zero-order chi connectivity index (χ0) is 24.4. The first-order chi connectivity index (χ1) is 14.9. The Bertz CT molecular complexity index is 738. The van der Waals surface area contributed by atoms with Crippen LogP contribution in [0.15, 0.2) is 30.3 Å². The van der Waals surface area contributed by atoms with Crippen molar-refractivity contribution >= 4 is 17.8 Å². The molecule has 1 rings (SSSR count). The quantitative estimate of drug-likeness (QED) is 0.425. The van der Waals surface area contributed by atoms with Crippen molar-refractivity contribution in [1.82, 2.24) is 10.2 Å². The molecule has 1 aromatic carbocycles. The van der Waals surface area contributed by atoms with Crippen molar-refractivity contribution in [2.75, 3.05) is 7.05 Å². The number of carbonyl (C=O) groups is 3. The van der Waals surface area contributed by atoms with Gasteiger partial charge < -0.3 is 25.8 Å². The lowest BCUT2D eigenvalue weighted by molar-refractivity contribution is -0.148. The predicted molar refractivity (Wildman–Crippen MR) is 124 cm³/mol. The average Bonchev–Trinajstić information content (AvgIpc) is 2.72. The first kappa shape index (κ1) is 27.6. The highest BCUT2D eigenvalue weighted by atomic mass is 16.5. The van der Waals surface area contributed by atoms with Gasteiger partial charge in [0, 0.05) is 7.05 Å². The van der Waals surface area contributed by atoms with Gasteiger partial charge in [-0.3, -0.25) is 9.59 Å². The second-order valence-electron chi connectivity index (χ2n) is 9.16. The number of hydrogen-bond acceptors (Lipinski definition) is 5. The third-order valence-electron chi connectivity index (χ3n) is 5.24. The van der Waals surface area contributed by atoms with Crippen LogP contribution in [0, 0.1) is 11.8 Å². The molecule has 0 fully saturated rings. The number of benzene rings is 1. The first-order valence-corrected chi connectivity index (χ1v) is 11.1. The summed E-state index contributed by atoms with van der Waals surface area (Å²) in [5.41, 5.74) is 6.94. The van der Waals surface area contributed by atoms with Gasteiger partial charge in [-0.15, -0.1) is 0 Å². The maximum Gasteiger partial charge on any atom is 0.328 e. The van der Waals surface area contributed by atoms with E-state index in [1.165, 1.54) is 4.90 Å². The number of amides is 2. The molecule has 0 aromatic heterocycles. The number of carbonyl (C=O) groups excluding carboxylic acids is 2. The largest absolute Gasteiger partial charge is 0.480 e. The van der Waals surface area contributed by atoms with Crippen LogP contribution in [-0.4, -0.2) is 59.1 Å². The topological polar surface area (TPSA) is 122 Å². The number of carboxylic acid groups (broad SMARTS) is 1. The van der Waals surface area contributed by atoms with Gasteiger partial charge in [-0.1, -0.05) is 58.0 Å². The van der Waals surface area contributed by atoms with Crippen LogP contribution in [0.3, 0.4) is 0 Å². The highest BCUT2D eigenvalue weighted by Crippen LogP contribution is 2.15. The van der Waals surface area contributed by atoms with Crippen LogP contribution in [0.5, 0.6) is 0 Å². The van der Waals surface area contributed by atoms with Gasteiger partial charge in [-0.05, 0) is 37.2 Å². The fourth-order valence-corrected chi connectivity index (χ4v) is 3.44. The van der Waals surface area contributed by atoms with Crippen molar-refractivity contribution in [3.63, 3.8) is 0 Å². The van der Waals surface area contributed by atoms with Crippen LogP contribution < -0.4 is 11.1 Å². The lowest BCUT2D eigenvalue weighted by Crippen LogP contribution is -2.57. The molecule has 32 heavy (non-hydrogen) atoms. The maximum absolute atomic E-state index is 13.1. The molecule has 4 N–H and O–H groups in total. The highest BCUT2D eigenvalue weighted by molar-refractivity contribution is 5.91. The van der Waals surface area contributed by atoms with Gasteiger partial charge >= 0.3 is 5.97 Å². The van der Waals surface area contributed by atoms with E-state index in [1.54, 1.807) is 14.0 Å². The molecule has 0 aliphatic heterocycles. The third kappa shape index (κ3) is 8.96. The summed E-state index contributed by atoms with van der Waals surface area (Å²) in [4.78, 5) is 39.1. The van der Waals surface area contributed by atoms with Crippen LogP contribution in [0.2, 0.25) is 0 Å². The maximum atomic E-state index is 13.1. The van der Waals surface area contributed by atoms with Crippen LogP contribution in [0.1, 0.15) is 53.0 Å². The Morgan fingerprint density at radius 1 is 1.03 bits per heavy atom. The van der Waals surface area contributed by atoms with Crippen molar-refractivity contribution in [2.45, 2.75) is 78.3 Å². The van der Waals surface area contributed by atoms with E-state index in [9.17, 15) is 19.5 Å². The number of aliphatic carboxylic acids is 1. The molecule has 4 atom stereocenters. The number of nitrogens with zero attached hydrogens (tertiary/aromatic N) is 1. The van der Waals surface area contributed by atoms with E-state index in [0.29, 0.717) is 12.8 Å². The molecule has 0 aliphatic carbocycles. The van der Waals surface area contributed by atoms with Gasteiger partial charge in [0.25, 0.3) is 0 Å². The van der Waals surface area contributed by atoms with E-state index < -0.39 is 36.1 Å². The number of nitrogens with one attached hydrogen (secondary N) is 1. The summed E-state index contributed by atoms with van der Waals surface area (Å²) >= 11 is 0. The van der Waals surface area contributed by atoms with Gasteiger partial charge in [-0.25, -0.2) is 4.79 Å². The summed E-state index contributed by atoms with van der Waals surface area (Å²) in [6.45, 7) is 9.64. The minimum absolute atomic E-state index is 0.109. The number of likely N-dealkylation sites (N-methyl/N-ethyl adjacent to an activating group) is 1. The van der Waals surface area contributed by atoms with Gasteiger partial charge in [0.15, 0.2) is 6.04 Å². The van der Waals surface area contributed by atoms with E-state index in [0.717, 1.165) is 5.56 Å². The lowest BCUT2D eigenvalue weighted by Gasteiger charge is -2.32. The molecule has 0 saturated carbocycles. The molecule has 8 heteroatoms. The second kappa shape index (κ2) is 13.2. The lowest BCUT2D eigenvalue weighted by atomic mass is 9.98. The molecule has 1 aromatic rings. The summed E-state index contributed by atoms with van der Waals surface area (Å²) in [5.74, 6) is -1.72. The molecule has 2 amide bonds. The van der Waals surface area contributed by atoms with Gasteiger partial charge in [-0.2, -0.15) is 0 Å². The number of ether oxygens (including phenoxy) is 1. The summed E-state index contributed by atoms with van der Waals surface area (Å²) in [6.07, 6.45) is 0.107. The molecule has 0 heterocycles. The normalized spacial score (nSPS) is 15.2. The number of carboxylic acids is 1. The summed E-state index contributed by atoms with van der Waals surface area (Å²) in [7, 11) is 1.54. The van der Waals surface area contributed by atoms with E-state index in [-0.39, 0.29) is 24.3 Å². The van der Waals surface area contributed by atoms with E-state index >= 15 is 0 Å². The monoisotopic (exact) mass is 449 g/mol. The molecule has 0 aliphatic rings. The third-order valence-corrected chi connectivity index (χ3v) is 5.24. The summed E-state index contributed by atoms with van der Waals surface area (Å²) in [6, 6.07) is 6.57. The molecule has 0 spiro atoms. The Labute approximate surface area is 191 Å². The molecule has 0 bridgehead atoms. The van der Waals surface area contributed by atoms with Crippen molar-refractivity contribution in [3.8, 4) is 0 Å². The minimum atomic E-state index is -1.26. The molecule has 0 radical (unpaired) electrons. The summed E-state index contributed by atoms with van der Waals surface area (Å²) < 4.78 is 5.71. The molecular weight excluding hydrogens is 410 g/mol. The predicted octanol–water partition coefficient (Wildman–Crippen LogP) is 2.41. The zero-order valence-corrected chi connectivity index (χ0v) is 20.1. The van der Waals surface area contributed by atoms with Crippen LogP contribution in [0.4, 0.5) is 0 Å². The zero-order valence-electron chi connectivity index (χ0n) is 20.1. The van der Waals surface area contributed by atoms with Gasteiger partial charge in [0.05, 0.1) is 18.8 Å². The van der Waals surface area contributed by atoms with E-state index in [2.05, 4.69) is 5.32 Å². The Morgan fingerprint density at radius 3 is 2.09 bits per heavy atom. The van der Waals surface area contributed by atoms with E-state index in [4.69, 9.17) is 10.5 Å². The van der Waals surface area contributed by atoms with Crippen LogP contribution in [0.25, 0.3) is 0 Å². The van der Waals surface area contributed by atoms with Gasteiger partial charge in [0.1, 0.15) is 6.04 Å². The van der Waals surface area contributed by atoms with Crippen molar-refractivity contribution in [2.24, 2.45) is 17.6 Å². The fourth-order valence-electron chi connectivity index (χ4n) is 3.44. The van der Waals surface area contributed by atoms with Crippen molar-refractivity contribution in [1.29, 1.82) is 0 Å². The highest BCUT2D eigenvalue weighted by Gasteiger charge is 2.34. The molecule has 0 saturated heterocycles. The minimum Gasteiger partial charge on any atom is -0.480 e. The van der Waals surface area contributed by atoms with Crippen molar-refractivity contribution < 1.29 is 24.2 Å². The fraction of sp³-hybridized carbons (Fsp3) is 0.625. The Kier molecular flexibility index (Phi) is 11.4. The smallest absolute Gasteiger partial charge is 0.328 e. The Hall–Kier alpha value is -2.45. The van der Waals surface area contributed by atoms with E-state index in [1.807, 2.05) is 58.0 Å². The SMILES string of the molecule is CC(C)CC(N)C(=O)N(C)[C@@H](CC(C)C)C(=O)N[C@H](C(=O)O)C(C)OCc1ccccc1. The second-order valence-corrected chi connectivity index (χ2v) is 9.16. The number of rotatable bonds is 13. The van der Waals surface area contributed by atoms with Crippen LogP contribution in [-0.2, 0) is 25.7 Å². The molecule has 8 nitrogen and oxygen atoms in total.